The molecule has 0 saturated carbocycles. The average Bonchev–Trinajstić information content (AvgIpc) is 2.55. The van der Waals surface area contributed by atoms with Gasteiger partial charge in [-0.2, -0.15) is 5.11 Å². The molecule has 1 heterocycles. The lowest BCUT2D eigenvalue weighted by atomic mass is 9.87. The zero-order valence-electron chi connectivity index (χ0n) is 9.05. The second-order valence-corrected chi connectivity index (χ2v) is 3.88. The largest absolute Gasteiger partial charge is 0.271 e. The fraction of sp³-hybridized carbons (Fsp3) is 0.900. The van der Waals surface area contributed by atoms with E-state index in [9.17, 15) is 4.79 Å². The van der Waals surface area contributed by atoms with Crippen LogP contribution in [0, 0.1) is 0 Å². The van der Waals surface area contributed by atoms with Crippen LogP contribution in [-0.2, 0) is 4.79 Å². The van der Waals surface area contributed by atoms with Gasteiger partial charge < -0.3 is 0 Å². The van der Waals surface area contributed by atoms with Crippen molar-refractivity contribution in [3.05, 3.63) is 0 Å². The number of rotatable bonds is 6. The number of nitrogens with one attached hydrogen (secondary N) is 1. The van der Waals surface area contributed by atoms with E-state index in [1.807, 2.05) is 0 Å². The van der Waals surface area contributed by atoms with Crippen LogP contribution in [0.4, 0.5) is 0 Å². The maximum atomic E-state index is 11.6. The Kier molecular flexibility index (Phi) is 4.04. The molecule has 1 aliphatic heterocycles. The molecule has 4 nitrogen and oxygen atoms in total. The van der Waals surface area contributed by atoms with E-state index >= 15 is 0 Å². The van der Waals surface area contributed by atoms with E-state index in [-0.39, 0.29) is 5.91 Å². The molecule has 0 saturated heterocycles. The molecule has 80 valence electrons. The Morgan fingerprint density at radius 3 is 2.14 bits per heavy atom. The highest BCUT2D eigenvalue weighted by Gasteiger charge is 2.40. The lowest BCUT2D eigenvalue weighted by molar-refractivity contribution is -0.124. The molecule has 4 heteroatoms. The van der Waals surface area contributed by atoms with E-state index in [1.165, 1.54) is 0 Å². The van der Waals surface area contributed by atoms with Crippen molar-refractivity contribution in [1.82, 2.24) is 5.43 Å². The zero-order valence-corrected chi connectivity index (χ0v) is 9.05. The van der Waals surface area contributed by atoms with Crippen molar-refractivity contribution in [3.8, 4) is 0 Å². The lowest BCUT2D eigenvalue weighted by Gasteiger charge is -2.20. The summed E-state index contributed by atoms with van der Waals surface area (Å²) >= 11 is 0. The first kappa shape index (κ1) is 11.1. The van der Waals surface area contributed by atoms with Crippen molar-refractivity contribution >= 4 is 5.91 Å². The van der Waals surface area contributed by atoms with Gasteiger partial charge in [0.15, 0.2) is 5.54 Å². The van der Waals surface area contributed by atoms with E-state index in [4.69, 9.17) is 0 Å². The van der Waals surface area contributed by atoms with Gasteiger partial charge in [-0.15, -0.1) is 0 Å². The maximum Gasteiger partial charge on any atom is 0.271 e. The first-order valence-electron chi connectivity index (χ1n) is 5.47. The fourth-order valence-electron chi connectivity index (χ4n) is 1.71. The molecule has 0 unspecified atom stereocenters. The zero-order chi connectivity index (χ0) is 10.4. The smallest absolute Gasteiger partial charge is 0.270 e. The maximum absolute atomic E-state index is 11.6. The first-order valence-corrected chi connectivity index (χ1v) is 5.47. The molecule has 1 amide bonds. The molecule has 0 fully saturated rings. The average molecular weight is 197 g/mol. The summed E-state index contributed by atoms with van der Waals surface area (Å²) in [6, 6.07) is 0. The second kappa shape index (κ2) is 5.08. The Hall–Kier alpha value is -0.930. The molecule has 1 rings (SSSR count). The van der Waals surface area contributed by atoms with Gasteiger partial charge in [0.1, 0.15) is 0 Å². The highest BCUT2D eigenvalue weighted by atomic mass is 16.2. The molecule has 0 aromatic heterocycles. The van der Waals surface area contributed by atoms with Crippen LogP contribution >= 0.6 is 0 Å². The molecule has 1 aliphatic rings. The van der Waals surface area contributed by atoms with Crippen LogP contribution in [0.1, 0.15) is 52.4 Å². The number of nitrogens with zero attached hydrogens (tertiary/aromatic N) is 2. The first-order chi connectivity index (χ1) is 6.75. The van der Waals surface area contributed by atoms with E-state index in [0.717, 1.165) is 38.5 Å². The third kappa shape index (κ3) is 2.30. The van der Waals surface area contributed by atoms with Gasteiger partial charge >= 0.3 is 0 Å². The van der Waals surface area contributed by atoms with Gasteiger partial charge in [0.25, 0.3) is 5.91 Å². The van der Waals surface area contributed by atoms with E-state index in [0.29, 0.717) is 0 Å². The van der Waals surface area contributed by atoms with Gasteiger partial charge in [0.05, 0.1) is 0 Å². The van der Waals surface area contributed by atoms with Crippen LogP contribution in [0.25, 0.3) is 0 Å². The Bertz CT molecular complexity index is 217. The summed E-state index contributed by atoms with van der Waals surface area (Å²) in [5.74, 6) is -0.0144. The fourth-order valence-corrected chi connectivity index (χ4v) is 1.71. The van der Waals surface area contributed by atoms with Crippen molar-refractivity contribution in [3.63, 3.8) is 0 Å². The summed E-state index contributed by atoms with van der Waals surface area (Å²) in [4.78, 5) is 11.6. The summed E-state index contributed by atoms with van der Waals surface area (Å²) in [5.41, 5.74) is 1.91. The minimum atomic E-state index is -0.536. The van der Waals surface area contributed by atoms with Crippen molar-refractivity contribution in [1.29, 1.82) is 0 Å². The summed E-state index contributed by atoms with van der Waals surface area (Å²) in [7, 11) is 0. The number of carbonyl (C=O) groups is 1. The minimum Gasteiger partial charge on any atom is -0.270 e. The van der Waals surface area contributed by atoms with Crippen LogP contribution < -0.4 is 5.43 Å². The monoisotopic (exact) mass is 197 g/mol. The van der Waals surface area contributed by atoms with Crippen LogP contribution in [0.2, 0.25) is 0 Å². The minimum absolute atomic E-state index is 0.0144. The second-order valence-electron chi connectivity index (χ2n) is 3.88. The molecular weight excluding hydrogens is 178 g/mol. The van der Waals surface area contributed by atoms with Crippen molar-refractivity contribution in [2.24, 2.45) is 10.3 Å². The molecule has 0 radical (unpaired) electrons. The number of hydrogen-bond acceptors (Lipinski definition) is 3. The summed E-state index contributed by atoms with van der Waals surface area (Å²) in [6.07, 6.45) is 5.93. The van der Waals surface area contributed by atoms with Gasteiger partial charge in [-0.25, -0.2) is 5.43 Å². The Labute approximate surface area is 85.1 Å². The predicted octanol–water partition coefficient (Wildman–Crippen LogP) is 2.60. The van der Waals surface area contributed by atoms with E-state index in [2.05, 4.69) is 29.6 Å². The molecule has 0 atom stereocenters. The van der Waals surface area contributed by atoms with E-state index < -0.39 is 5.54 Å². The molecule has 14 heavy (non-hydrogen) atoms. The van der Waals surface area contributed by atoms with Crippen molar-refractivity contribution in [2.45, 2.75) is 57.9 Å². The molecule has 1 N–H and O–H groups in total. The summed E-state index contributed by atoms with van der Waals surface area (Å²) in [5, 5.41) is 7.74. The Morgan fingerprint density at radius 2 is 1.79 bits per heavy atom. The van der Waals surface area contributed by atoms with Gasteiger partial charge in [0.2, 0.25) is 0 Å². The number of carbonyl (C=O) groups excluding carboxylic acids is 1. The Balaban J connectivity index is 2.58. The lowest BCUT2D eigenvalue weighted by Crippen LogP contribution is -2.38. The molecule has 0 aliphatic carbocycles. The summed E-state index contributed by atoms with van der Waals surface area (Å²) in [6.45, 7) is 4.25. The standard InChI is InChI=1S/C10H19N3O/c1-3-5-7-10(8-6-4-2)9(14)11-13-12-10/h3-8H2,1-2H3,(H,11,12,14). The highest BCUT2D eigenvalue weighted by Crippen LogP contribution is 2.29. The number of amides is 1. The Morgan fingerprint density at radius 1 is 1.21 bits per heavy atom. The van der Waals surface area contributed by atoms with Crippen LogP contribution in [-0.4, -0.2) is 11.4 Å². The molecule has 0 spiro atoms. The van der Waals surface area contributed by atoms with Gasteiger partial charge in [-0.3, -0.25) is 4.79 Å². The third-order valence-electron chi connectivity index (χ3n) is 2.70. The van der Waals surface area contributed by atoms with Crippen LogP contribution in [0.3, 0.4) is 0 Å². The van der Waals surface area contributed by atoms with Crippen molar-refractivity contribution in [2.75, 3.05) is 0 Å². The SMILES string of the molecule is CCCCC1(CCCC)N=NNC1=O. The van der Waals surface area contributed by atoms with Gasteiger partial charge in [0, 0.05) is 0 Å². The molecule has 0 aromatic carbocycles. The van der Waals surface area contributed by atoms with E-state index in [1.54, 1.807) is 0 Å². The molecular formula is C10H19N3O. The van der Waals surface area contributed by atoms with Crippen LogP contribution in [0.15, 0.2) is 10.3 Å². The molecule has 0 aromatic rings. The quantitative estimate of drug-likeness (QED) is 0.699. The van der Waals surface area contributed by atoms with Gasteiger partial charge in [-0.05, 0) is 12.8 Å². The summed E-state index contributed by atoms with van der Waals surface area (Å²) < 4.78 is 0. The molecule has 0 bridgehead atoms. The normalized spacial score (nSPS) is 18.6. The number of hydrogen-bond donors (Lipinski definition) is 1. The highest BCUT2D eigenvalue weighted by molar-refractivity contribution is 5.87. The number of unbranched alkanes of at least 4 members (excludes halogenated alkanes) is 2. The third-order valence-corrected chi connectivity index (χ3v) is 2.70. The van der Waals surface area contributed by atoms with Crippen molar-refractivity contribution < 1.29 is 4.79 Å². The topological polar surface area (TPSA) is 53.8 Å². The van der Waals surface area contributed by atoms with Gasteiger partial charge in [-0.1, -0.05) is 44.8 Å². The predicted molar refractivity (Wildman–Crippen MR) is 54.8 cm³/mol. The van der Waals surface area contributed by atoms with Crippen LogP contribution in [0.5, 0.6) is 0 Å².